The molecule has 25 heteroatoms. The summed E-state index contributed by atoms with van der Waals surface area (Å²) in [6.45, 7) is 33.7. The maximum atomic E-state index is 14.0. The molecule has 0 aliphatic carbocycles. The SMILES string of the molecule is Cc1ccc(N2CCC(Cc3c(C)cc(C)c(C(=O)N4CCN(c5cccnn5)[C@H](CO)C4)c3C)CC2)c(C#N)c1.Cc1ccc(N2CCC(Nc3c(C)cc(C)c(C(=O)N4CCN(c5ccccc5)C(C(N)=O)C4)c3C)CC2)c(C#N)c1.Cc1ccc(N2CCC(Nc3c(C)cc(C)c(C(=O)N4CCN(c5ccccn5)C(C(N)=O)C4)c3C)CC2)c(C#N)c1. The lowest BCUT2D eigenvalue weighted by Crippen LogP contribution is -2.59. The van der Waals surface area contributed by atoms with Crippen LogP contribution in [-0.2, 0) is 16.0 Å². The van der Waals surface area contributed by atoms with E-state index in [-0.39, 0.29) is 55.5 Å². The van der Waals surface area contributed by atoms with Gasteiger partial charge < -0.3 is 71.3 Å². The molecule has 15 rings (SSSR count). The van der Waals surface area contributed by atoms with Crippen molar-refractivity contribution in [3.8, 4) is 18.2 Å². The molecule has 2 aromatic heterocycles. The normalized spacial score (nSPS) is 17.7. The van der Waals surface area contributed by atoms with E-state index >= 15 is 0 Å². The Hall–Kier alpha value is -13.1. The number of piperidine rings is 3. The number of carbonyl (C=O) groups is 5. The second-order valence-corrected chi connectivity index (χ2v) is 34.7. The van der Waals surface area contributed by atoms with Crippen molar-refractivity contribution in [3.63, 3.8) is 0 Å². The van der Waals surface area contributed by atoms with E-state index in [1.807, 2.05) is 160 Å². The van der Waals surface area contributed by atoms with Crippen LogP contribution in [0.4, 0.5) is 45.8 Å². The van der Waals surface area contributed by atoms with E-state index in [1.165, 1.54) is 11.1 Å². The topological polar surface area (TPSA) is 321 Å². The summed E-state index contributed by atoms with van der Waals surface area (Å²) < 4.78 is 0. The average molecular weight is 1680 g/mol. The number of anilines is 8. The first-order valence-corrected chi connectivity index (χ1v) is 43.9. The van der Waals surface area contributed by atoms with Gasteiger partial charge in [0.1, 0.15) is 36.1 Å². The van der Waals surface area contributed by atoms with Crippen molar-refractivity contribution in [3.05, 3.63) is 252 Å². The Labute approximate surface area is 736 Å². The lowest BCUT2D eigenvalue weighted by molar-refractivity contribution is -0.120. The highest BCUT2D eigenvalue weighted by molar-refractivity contribution is 6.01. The Kier molecular flexibility index (Phi) is 28.8. The van der Waals surface area contributed by atoms with E-state index < -0.39 is 23.9 Å². The Balaban J connectivity index is 0.000000161. The van der Waals surface area contributed by atoms with E-state index in [2.05, 4.69) is 135 Å². The second kappa shape index (κ2) is 40.1. The molecule has 3 atom stereocenters. The number of benzene rings is 7. The van der Waals surface area contributed by atoms with Crippen LogP contribution in [0.15, 0.2) is 146 Å². The number of nitrogens with two attached hydrogens (primary N) is 2. The molecule has 9 aromatic rings. The van der Waals surface area contributed by atoms with E-state index in [9.17, 15) is 44.9 Å². The van der Waals surface area contributed by atoms with E-state index in [1.54, 1.807) is 22.2 Å². The Morgan fingerprint density at radius 2 is 0.832 bits per heavy atom. The Bertz CT molecular complexity index is 5340. The summed E-state index contributed by atoms with van der Waals surface area (Å²) in [5.41, 5.74) is 35.7. The van der Waals surface area contributed by atoms with Crippen molar-refractivity contribution in [2.75, 3.05) is 145 Å². The number of amides is 5. The van der Waals surface area contributed by atoms with Gasteiger partial charge in [0.25, 0.3) is 17.7 Å². The summed E-state index contributed by atoms with van der Waals surface area (Å²) in [6.07, 6.45) is 10.1. The van der Waals surface area contributed by atoms with E-state index in [0.717, 1.165) is 202 Å². The standard InChI is InChI=1S/C34H40N6O2.C33H39N7O2.C33H40N6O2/c1-22-10-11-29(26(18-22)20-35)38-14-12-27(13-15-38)37-32-24(3)19-23(2)31(25(32)4)34(42)39-16-17-40(30(21-39)33(36)41)28-8-6-5-7-9-28;1-21-8-9-27(25(17-21)19-34)38-13-10-26(11-14-38)37-31-23(3)18-22(2)30(24(31)4)33(42)39-15-16-40(28(20-39)32(35)41)29-7-5-6-12-36-29;1-22-7-8-30(27(16-22)19-34)37-12-9-26(10-13-37)18-29-23(2)17-24(3)32(25(29)4)33(41)38-14-15-39(28(20-38)21-40)31-6-5-11-35-36-31/h5-11,18-19,27,30,37H,12-17,21H2,1-4H3,(H2,36,41);5-9,12,17-18,26,28,37H,10-11,13-16,20H2,1-4H3,(H2,35,41);5-8,11,16-17,26,28,40H,9-10,12-15,18,20-21H2,1-4H3/t;;28-/m..0/s1. The predicted octanol–water partition coefficient (Wildman–Crippen LogP) is 13.1. The van der Waals surface area contributed by atoms with Crippen molar-refractivity contribution in [2.45, 2.75) is 158 Å². The van der Waals surface area contributed by atoms with Gasteiger partial charge in [0.15, 0.2) is 5.82 Å². The lowest BCUT2D eigenvalue weighted by Gasteiger charge is -2.41. The molecule has 0 radical (unpaired) electrons. The molecule has 0 spiro atoms. The summed E-state index contributed by atoms with van der Waals surface area (Å²) >= 11 is 0. The molecule has 650 valence electrons. The van der Waals surface area contributed by atoms with Crippen LogP contribution < -0.4 is 51.5 Å². The van der Waals surface area contributed by atoms with Crippen LogP contribution in [0.1, 0.15) is 159 Å². The zero-order chi connectivity index (χ0) is 89.0. The first-order chi connectivity index (χ1) is 60.1. The quantitative estimate of drug-likeness (QED) is 0.0533. The molecule has 7 N–H and O–H groups in total. The van der Waals surface area contributed by atoms with Gasteiger partial charge >= 0.3 is 0 Å². The van der Waals surface area contributed by atoms with Crippen LogP contribution in [-0.4, -0.2) is 200 Å². The fraction of sp³-hybridized carbons (Fsp3) is 0.410. The minimum Gasteiger partial charge on any atom is -0.394 e. The van der Waals surface area contributed by atoms with Crippen LogP contribution in [0.5, 0.6) is 0 Å². The van der Waals surface area contributed by atoms with E-state index in [4.69, 9.17) is 11.5 Å². The number of piperazine rings is 3. The number of nitrogens with one attached hydrogen (secondary N) is 2. The smallest absolute Gasteiger partial charge is 0.254 e. The number of primary amides is 2. The summed E-state index contributed by atoms with van der Waals surface area (Å²) in [5, 5.41) is 54.8. The molecule has 0 bridgehead atoms. The van der Waals surface area contributed by atoms with Gasteiger partial charge in [-0.2, -0.15) is 20.9 Å². The molecule has 2 unspecified atom stereocenters. The largest absolute Gasteiger partial charge is 0.394 e. The van der Waals surface area contributed by atoms with Crippen LogP contribution >= 0.6 is 0 Å². The van der Waals surface area contributed by atoms with Crippen LogP contribution in [0, 0.1) is 123 Å². The highest BCUT2D eigenvalue weighted by Gasteiger charge is 2.39. The first kappa shape index (κ1) is 89.7. The Morgan fingerprint density at radius 1 is 0.424 bits per heavy atom. The number of rotatable bonds is 18. The van der Waals surface area contributed by atoms with Crippen molar-refractivity contribution >= 4 is 75.3 Å². The minimum absolute atomic E-state index is 0.0386. The number of hydrogen-bond donors (Lipinski definition) is 5. The van der Waals surface area contributed by atoms with Crippen molar-refractivity contribution < 1.29 is 29.1 Å². The average Bonchev–Trinajstić information content (AvgIpc) is 0.781. The molecule has 6 aliphatic heterocycles. The molecule has 7 aromatic carbocycles. The number of nitrogens with zero attached hydrogens (tertiary/aromatic N) is 15. The van der Waals surface area contributed by atoms with Crippen LogP contribution in [0.25, 0.3) is 0 Å². The van der Waals surface area contributed by atoms with Gasteiger partial charge in [0.2, 0.25) is 11.8 Å². The summed E-state index contributed by atoms with van der Waals surface area (Å²) in [5.74, 6) is 0.909. The predicted molar refractivity (Wildman–Crippen MR) is 495 cm³/mol. The van der Waals surface area contributed by atoms with E-state index in [0.29, 0.717) is 74.2 Å². The van der Waals surface area contributed by atoms with Crippen LogP contribution in [0.3, 0.4) is 0 Å². The van der Waals surface area contributed by atoms with Crippen molar-refractivity contribution in [1.82, 2.24) is 29.9 Å². The maximum absolute atomic E-state index is 14.0. The molecule has 6 aliphatic rings. The first-order valence-electron chi connectivity index (χ1n) is 43.9. The number of pyridine rings is 1. The number of aliphatic hydroxyl groups is 1. The van der Waals surface area contributed by atoms with Gasteiger partial charge in [-0.1, -0.05) is 60.7 Å². The Morgan fingerprint density at radius 3 is 1.26 bits per heavy atom. The monoisotopic (exact) mass is 1680 g/mol. The van der Waals surface area contributed by atoms with Crippen molar-refractivity contribution in [1.29, 1.82) is 15.8 Å². The number of carbonyl (C=O) groups excluding carboxylic acids is 5. The summed E-state index contributed by atoms with van der Waals surface area (Å²) in [6, 6.07) is 49.7. The third kappa shape index (κ3) is 20.3. The van der Waals surface area contributed by atoms with Gasteiger partial charge in [-0.3, -0.25) is 24.0 Å². The number of hydrogen-bond acceptors (Lipinski definition) is 20. The lowest BCUT2D eigenvalue weighted by atomic mass is 9.83. The summed E-state index contributed by atoms with van der Waals surface area (Å²) in [7, 11) is 0. The zero-order valence-corrected chi connectivity index (χ0v) is 74.4. The second-order valence-electron chi connectivity index (χ2n) is 34.7. The van der Waals surface area contributed by atoms with Crippen molar-refractivity contribution in [2.24, 2.45) is 17.4 Å². The third-order valence-electron chi connectivity index (χ3n) is 26.2. The molecule has 8 heterocycles. The number of aromatic nitrogens is 3. The number of para-hydroxylation sites is 1. The van der Waals surface area contributed by atoms with Gasteiger partial charge in [-0.25, -0.2) is 4.98 Å². The molecule has 25 nitrogen and oxygen atoms in total. The zero-order valence-electron chi connectivity index (χ0n) is 74.4. The molecule has 6 saturated heterocycles. The van der Waals surface area contributed by atoms with Crippen LogP contribution in [0.2, 0.25) is 0 Å². The molecule has 6 fully saturated rings. The fourth-order valence-electron chi connectivity index (χ4n) is 19.6. The highest BCUT2D eigenvalue weighted by Crippen LogP contribution is 2.38. The number of nitriles is 3. The third-order valence-corrected chi connectivity index (χ3v) is 26.2. The van der Waals surface area contributed by atoms with Gasteiger partial charge in [0, 0.05) is 143 Å². The summed E-state index contributed by atoms with van der Waals surface area (Å²) in [4.78, 5) is 89.5. The number of aliphatic hydroxyl groups excluding tert-OH is 1. The van der Waals surface area contributed by atoms with Gasteiger partial charge in [0.05, 0.1) is 59.5 Å². The molecule has 125 heavy (non-hydrogen) atoms. The molecular weight excluding hydrogens is 1560 g/mol. The minimum atomic E-state index is -0.651. The molecule has 5 amide bonds. The fourth-order valence-corrected chi connectivity index (χ4v) is 19.6. The molecule has 0 saturated carbocycles. The number of aryl methyl sites for hydroxylation is 9. The highest BCUT2D eigenvalue weighted by atomic mass is 16.3. The maximum Gasteiger partial charge on any atom is 0.254 e. The van der Waals surface area contributed by atoms with Gasteiger partial charge in [-0.05, 0) is 279 Å². The van der Waals surface area contributed by atoms with Gasteiger partial charge in [-0.15, -0.1) is 5.10 Å². The molecular formula is C100H119N19O6.